The van der Waals surface area contributed by atoms with Gasteiger partial charge < -0.3 is 15.5 Å². The normalized spacial score (nSPS) is 11.7. The number of hydrogen-bond acceptors (Lipinski definition) is 3. The number of carbonyl (C=O) groups excluding carboxylic acids is 3. The maximum Gasteiger partial charge on any atom is 0.243 e. The van der Waals surface area contributed by atoms with Crippen molar-refractivity contribution in [1.29, 1.82) is 0 Å². The number of carbonyl (C=O) groups is 3. The zero-order valence-electron chi connectivity index (χ0n) is 14.1. The Hall–Kier alpha value is -2.37. The van der Waals surface area contributed by atoms with Crippen LogP contribution in [0.1, 0.15) is 19.4 Å². The number of benzene rings is 1. The second kappa shape index (κ2) is 8.92. The predicted molar refractivity (Wildman–Crippen MR) is 88.6 cm³/mol. The summed E-state index contributed by atoms with van der Waals surface area (Å²) in [5, 5.41) is 5.31. The van der Waals surface area contributed by atoms with Crippen LogP contribution in [0.5, 0.6) is 0 Å². The van der Waals surface area contributed by atoms with Crippen molar-refractivity contribution in [3.05, 3.63) is 35.9 Å². The Kier molecular flexibility index (Phi) is 7.25. The first-order valence-electron chi connectivity index (χ1n) is 7.62. The molecule has 0 unspecified atom stereocenters. The highest BCUT2D eigenvalue weighted by atomic mass is 16.2. The molecule has 126 valence electrons. The van der Waals surface area contributed by atoms with Gasteiger partial charge in [0.1, 0.15) is 6.04 Å². The summed E-state index contributed by atoms with van der Waals surface area (Å²) in [6, 6.07) is 8.67. The van der Waals surface area contributed by atoms with Crippen molar-refractivity contribution in [3.63, 3.8) is 0 Å². The van der Waals surface area contributed by atoms with Gasteiger partial charge in [-0.05, 0) is 11.5 Å². The number of nitrogens with one attached hydrogen (secondary N) is 2. The maximum absolute atomic E-state index is 12.2. The van der Waals surface area contributed by atoms with Crippen molar-refractivity contribution in [2.24, 2.45) is 5.92 Å². The molecule has 0 spiro atoms. The highest BCUT2D eigenvalue weighted by Crippen LogP contribution is 2.04. The maximum atomic E-state index is 12.2. The molecule has 0 aliphatic carbocycles. The van der Waals surface area contributed by atoms with Crippen molar-refractivity contribution < 1.29 is 14.4 Å². The molecule has 0 heterocycles. The summed E-state index contributed by atoms with van der Waals surface area (Å²) < 4.78 is 0. The van der Waals surface area contributed by atoms with Crippen molar-refractivity contribution in [1.82, 2.24) is 15.5 Å². The van der Waals surface area contributed by atoms with Gasteiger partial charge in [0.15, 0.2) is 0 Å². The molecule has 0 fully saturated rings. The van der Waals surface area contributed by atoms with Gasteiger partial charge in [-0.2, -0.15) is 0 Å². The van der Waals surface area contributed by atoms with E-state index < -0.39 is 6.04 Å². The van der Waals surface area contributed by atoms with Crippen LogP contribution in [0.3, 0.4) is 0 Å². The Labute approximate surface area is 137 Å². The predicted octanol–water partition coefficient (Wildman–Crippen LogP) is 0.574. The first-order valence-corrected chi connectivity index (χ1v) is 7.62. The lowest BCUT2D eigenvalue weighted by Crippen LogP contribution is -2.51. The van der Waals surface area contributed by atoms with Gasteiger partial charge in [0.2, 0.25) is 17.7 Å². The van der Waals surface area contributed by atoms with E-state index in [0.717, 1.165) is 5.56 Å². The smallest absolute Gasteiger partial charge is 0.243 e. The fourth-order valence-electron chi connectivity index (χ4n) is 1.97. The quantitative estimate of drug-likeness (QED) is 0.771. The summed E-state index contributed by atoms with van der Waals surface area (Å²) in [6.07, 6.45) is 0.216. The summed E-state index contributed by atoms with van der Waals surface area (Å²) in [4.78, 5) is 37.2. The highest BCUT2D eigenvalue weighted by Gasteiger charge is 2.24. The molecule has 0 aliphatic heterocycles. The molecule has 0 bridgehead atoms. The fourth-order valence-corrected chi connectivity index (χ4v) is 1.97. The number of hydrogen-bond donors (Lipinski definition) is 2. The molecule has 6 heteroatoms. The monoisotopic (exact) mass is 319 g/mol. The van der Waals surface area contributed by atoms with Crippen molar-refractivity contribution in [2.45, 2.75) is 26.3 Å². The van der Waals surface area contributed by atoms with Crippen LogP contribution in [0.2, 0.25) is 0 Å². The van der Waals surface area contributed by atoms with E-state index in [-0.39, 0.29) is 36.6 Å². The molecule has 1 aromatic rings. The molecule has 1 rings (SSSR count). The Balaban J connectivity index is 2.58. The Bertz CT molecular complexity index is 541. The zero-order chi connectivity index (χ0) is 17.4. The molecule has 0 saturated carbocycles. The summed E-state index contributed by atoms with van der Waals surface area (Å²) in [7, 11) is 3.24. The van der Waals surface area contributed by atoms with E-state index in [9.17, 15) is 14.4 Å². The van der Waals surface area contributed by atoms with E-state index >= 15 is 0 Å². The van der Waals surface area contributed by atoms with Crippen molar-refractivity contribution >= 4 is 17.7 Å². The first-order chi connectivity index (χ1) is 10.8. The van der Waals surface area contributed by atoms with E-state index in [4.69, 9.17) is 0 Å². The van der Waals surface area contributed by atoms with Crippen LogP contribution in [0.15, 0.2) is 30.3 Å². The average Bonchev–Trinajstić information content (AvgIpc) is 2.50. The number of nitrogens with zero attached hydrogens (tertiary/aromatic N) is 1. The number of likely N-dealkylation sites (N-methyl/N-ethyl adjacent to an activating group) is 1. The van der Waals surface area contributed by atoms with Gasteiger partial charge in [0, 0.05) is 14.1 Å². The van der Waals surface area contributed by atoms with E-state index in [0.29, 0.717) is 0 Å². The van der Waals surface area contributed by atoms with E-state index in [1.165, 1.54) is 4.90 Å². The van der Waals surface area contributed by atoms with E-state index in [1.54, 1.807) is 14.1 Å². The van der Waals surface area contributed by atoms with Crippen LogP contribution in [-0.4, -0.2) is 49.3 Å². The van der Waals surface area contributed by atoms with Gasteiger partial charge in [0.25, 0.3) is 0 Å². The van der Waals surface area contributed by atoms with Crippen LogP contribution < -0.4 is 10.6 Å². The summed E-state index contributed by atoms with van der Waals surface area (Å²) >= 11 is 0. The van der Waals surface area contributed by atoms with Gasteiger partial charge in [-0.25, -0.2) is 0 Å². The minimum atomic E-state index is -0.666. The van der Waals surface area contributed by atoms with Crippen molar-refractivity contribution in [3.8, 4) is 0 Å². The topological polar surface area (TPSA) is 78.5 Å². The van der Waals surface area contributed by atoms with Gasteiger partial charge in [0.05, 0.1) is 13.0 Å². The van der Waals surface area contributed by atoms with Gasteiger partial charge in [-0.3, -0.25) is 14.4 Å². The lowest BCUT2D eigenvalue weighted by molar-refractivity contribution is -0.133. The second-order valence-corrected chi connectivity index (χ2v) is 5.96. The standard InChI is InChI=1S/C17H25N3O3/c1-12(2)16(17(23)18-11-15(22)20(3)4)19-14(21)10-13-8-6-5-7-9-13/h5-9,12,16H,10-11H2,1-4H3,(H,18,23)(H,19,21)/t16-/m0/s1. The first kappa shape index (κ1) is 18.7. The second-order valence-electron chi connectivity index (χ2n) is 5.96. The fraction of sp³-hybridized carbons (Fsp3) is 0.471. The third-order valence-electron chi connectivity index (χ3n) is 3.39. The SMILES string of the molecule is CC(C)[C@H](NC(=O)Cc1ccccc1)C(=O)NCC(=O)N(C)C. The molecule has 1 atom stereocenters. The Morgan fingerprint density at radius 1 is 1.09 bits per heavy atom. The molecule has 6 nitrogen and oxygen atoms in total. The third kappa shape index (κ3) is 6.50. The number of amides is 3. The molecule has 3 amide bonds. The molecule has 0 radical (unpaired) electrons. The van der Waals surface area contributed by atoms with E-state index in [2.05, 4.69) is 10.6 Å². The molecule has 0 aliphatic rings. The van der Waals surface area contributed by atoms with Gasteiger partial charge in [-0.15, -0.1) is 0 Å². The molecule has 1 aromatic carbocycles. The third-order valence-corrected chi connectivity index (χ3v) is 3.39. The van der Waals surface area contributed by atoms with Crippen LogP contribution in [-0.2, 0) is 20.8 Å². The van der Waals surface area contributed by atoms with Gasteiger partial charge >= 0.3 is 0 Å². The van der Waals surface area contributed by atoms with Gasteiger partial charge in [-0.1, -0.05) is 44.2 Å². The molecular formula is C17H25N3O3. The number of rotatable bonds is 7. The molecule has 23 heavy (non-hydrogen) atoms. The van der Waals surface area contributed by atoms with Crippen molar-refractivity contribution in [2.75, 3.05) is 20.6 Å². The largest absolute Gasteiger partial charge is 0.347 e. The summed E-state index contributed by atoms with van der Waals surface area (Å²) in [6.45, 7) is 3.62. The van der Waals surface area contributed by atoms with Crippen LogP contribution >= 0.6 is 0 Å². The minimum absolute atomic E-state index is 0.0795. The highest BCUT2D eigenvalue weighted by molar-refractivity contribution is 5.91. The summed E-state index contributed by atoms with van der Waals surface area (Å²) in [5.74, 6) is -0.846. The zero-order valence-corrected chi connectivity index (χ0v) is 14.1. The lowest BCUT2D eigenvalue weighted by atomic mass is 10.0. The average molecular weight is 319 g/mol. The van der Waals surface area contributed by atoms with E-state index in [1.807, 2.05) is 44.2 Å². The van der Waals surface area contributed by atoms with Crippen LogP contribution in [0, 0.1) is 5.92 Å². The Morgan fingerprint density at radius 3 is 2.22 bits per heavy atom. The molecule has 0 aromatic heterocycles. The van der Waals surface area contributed by atoms with Crippen LogP contribution in [0.25, 0.3) is 0 Å². The van der Waals surface area contributed by atoms with Crippen LogP contribution in [0.4, 0.5) is 0 Å². The molecule has 0 saturated heterocycles. The Morgan fingerprint density at radius 2 is 1.70 bits per heavy atom. The lowest BCUT2D eigenvalue weighted by Gasteiger charge is -2.22. The summed E-state index contributed by atoms with van der Waals surface area (Å²) in [5.41, 5.74) is 0.885. The molecular weight excluding hydrogens is 294 g/mol. The molecule has 2 N–H and O–H groups in total. The minimum Gasteiger partial charge on any atom is -0.347 e.